The van der Waals surface area contributed by atoms with E-state index in [4.69, 9.17) is 0 Å². The molecule has 1 N–H and O–H groups in total. The molecule has 1 saturated heterocycles. The molecule has 0 spiro atoms. The van der Waals surface area contributed by atoms with Gasteiger partial charge in [-0.1, -0.05) is 30.3 Å². The Kier molecular flexibility index (Phi) is 4.36. The summed E-state index contributed by atoms with van der Waals surface area (Å²) in [7, 11) is 0. The van der Waals surface area contributed by atoms with E-state index < -0.39 is 5.41 Å². The topological polar surface area (TPSA) is 86.1 Å². The van der Waals surface area contributed by atoms with Crippen LogP contribution in [-0.4, -0.2) is 23.3 Å². The molecule has 136 valence electrons. The third-order valence-electron chi connectivity index (χ3n) is 5.36. The van der Waals surface area contributed by atoms with Gasteiger partial charge in [-0.25, -0.2) is 4.98 Å². The minimum Gasteiger partial charge on any atom is -0.311 e. The summed E-state index contributed by atoms with van der Waals surface area (Å²) < 4.78 is 0. The highest BCUT2D eigenvalue weighted by molar-refractivity contribution is 6.02. The quantitative estimate of drug-likeness (QED) is 0.888. The van der Waals surface area contributed by atoms with E-state index in [1.54, 1.807) is 23.2 Å². The lowest BCUT2D eigenvalue weighted by molar-refractivity contribution is -0.123. The van der Waals surface area contributed by atoms with Crippen molar-refractivity contribution in [2.75, 3.05) is 16.8 Å². The molecule has 0 unspecified atom stereocenters. The summed E-state index contributed by atoms with van der Waals surface area (Å²) in [5, 5.41) is 12.4. The van der Waals surface area contributed by atoms with E-state index in [-0.39, 0.29) is 24.2 Å². The van der Waals surface area contributed by atoms with Gasteiger partial charge in [0, 0.05) is 24.5 Å². The SMILES string of the molecule is N#C[C@@]1(C2CC2)CCN(c2ccnc(NC(=O)Cc3ccccc3)c2)C1=O. The second kappa shape index (κ2) is 6.84. The molecule has 2 aliphatic rings. The minimum atomic E-state index is -0.875. The monoisotopic (exact) mass is 360 g/mol. The Bertz CT molecular complexity index is 917. The lowest BCUT2D eigenvalue weighted by Crippen LogP contribution is -2.35. The van der Waals surface area contributed by atoms with Gasteiger partial charge < -0.3 is 10.2 Å². The Morgan fingerprint density at radius 2 is 2.07 bits per heavy atom. The van der Waals surface area contributed by atoms with Crippen molar-refractivity contribution in [3.8, 4) is 6.07 Å². The van der Waals surface area contributed by atoms with Crippen LogP contribution in [0.1, 0.15) is 24.8 Å². The average Bonchev–Trinajstić information content (AvgIpc) is 3.47. The number of nitrogens with one attached hydrogen (secondary N) is 1. The molecule has 6 heteroatoms. The Labute approximate surface area is 157 Å². The molecule has 4 rings (SSSR count). The van der Waals surface area contributed by atoms with Gasteiger partial charge in [0.05, 0.1) is 12.5 Å². The van der Waals surface area contributed by atoms with Crippen LogP contribution in [0.2, 0.25) is 0 Å². The van der Waals surface area contributed by atoms with Crippen LogP contribution in [0.25, 0.3) is 0 Å². The predicted molar refractivity (Wildman–Crippen MR) is 101 cm³/mol. The number of hydrogen-bond donors (Lipinski definition) is 1. The van der Waals surface area contributed by atoms with Gasteiger partial charge in [0.25, 0.3) is 0 Å². The van der Waals surface area contributed by atoms with E-state index in [0.29, 0.717) is 24.5 Å². The molecule has 0 radical (unpaired) electrons. The number of amides is 2. The summed E-state index contributed by atoms with van der Waals surface area (Å²) in [6.45, 7) is 0.518. The number of carbonyl (C=O) groups is 2. The van der Waals surface area contributed by atoms with Gasteiger partial charge >= 0.3 is 0 Å². The molecule has 0 bridgehead atoms. The van der Waals surface area contributed by atoms with Gasteiger partial charge in [-0.15, -0.1) is 0 Å². The highest BCUT2D eigenvalue weighted by atomic mass is 16.2. The Morgan fingerprint density at radius 3 is 2.78 bits per heavy atom. The zero-order valence-corrected chi connectivity index (χ0v) is 14.9. The lowest BCUT2D eigenvalue weighted by atomic mass is 9.83. The average molecular weight is 360 g/mol. The molecule has 2 heterocycles. The highest BCUT2D eigenvalue weighted by Gasteiger charge is 2.56. The summed E-state index contributed by atoms with van der Waals surface area (Å²) in [6.07, 6.45) is 4.29. The van der Waals surface area contributed by atoms with Crippen LogP contribution in [0.5, 0.6) is 0 Å². The summed E-state index contributed by atoms with van der Waals surface area (Å²) >= 11 is 0. The molecule has 1 aromatic carbocycles. The number of hydrogen-bond acceptors (Lipinski definition) is 4. The second-order valence-corrected chi connectivity index (χ2v) is 7.17. The summed E-state index contributed by atoms with van der Waals surface area (Å²) in [5.41, 5.74) is 0.715. The molecule has 1 saturated carbocycles. The lowest BCUT2D eigenvalue weighted by Gasteiger charge is -2.21. The Morgan fingerprint density at radius 1 is 1.30 bits per heavy atom. The maximum absolute atomic E-state index is 12.9. The molecule has 27 heavy (non-hydrogen) atoms. The first-order chi connectivity index (χ1) is 13.1. The third-order valence-corrected chi connectivity index (χ3v) is 5.36. The highest BCUT2D eigenvalue weighted by Crippen LogP contribution is 2.51. The van der Waals surface area contributed by atoms with Crippen LogP contribution < -0.4 is 10.2 Å². The summed E-state index contributed by atoms with van der Waals surface area (Å²) in [5.74, 6) is 0.303. The Balaban J connectivity index is 1.47. The van der Waals surface area contributed by atoms with Gasteiger partial charge in [-0.05, 0) is 36.8 Å². The fraction of sp³-hybridized carbons (Fsp3) is 0.333. The largest absolute Gasteiger partial charge is 0.311 e. The Hall–Kier alpha value is -3.20. The number of carbonyl (C=O) groups excluding carboxylic acids is 2. The van der Waals surface area contributed by atoms with Crippen LogP contribution in [0.15, 0.2) is 48.7 Å². The number of benzene rings is 1. The fourth-order valence-corrected chi connectivity index (χ4v) is 3.76. The molecule has 1 aromatic heterocycles. The van der Waals surface area contributed by atoms with Crippen molar-refractivity contribution in [2.24, 2.45) is 11.3 Å². The molecular weight excluding hydrogens is 340 g/mol. The maximum atomic E-state index is 12.9. The number of nitriles is 1. The minimum absolute atomic E-state index is 0.125. The zero-order valence-electron chi connectivity index (χ0n) is 14.9. The summed E-state index contributed by atoms with van der Waals surface area (Å²) in [4.78, 5) is 31.0. The van der Waals surface area contributed by atoms with Crippen LogP contribution in [-0.2, 0) is 16.0 Å². The predicted octanol–water partition coefficient (Wildman–Crippen LogP) is 2.92. The molecule has 2 amide bonds. The molecule has 2 fully saturated rings. The first kappa shape index (κ1) is 17.2. The molecule has 2 aromatic rings. The van der Waals surface area contributed by atoms with Crippen LogP contribution in [0, 0.1) is 22.7 Å². The van der Waals surface area contributed by atoms with Crippen LogP contribution in [0.4, 0.5) is 11.5 Å². The van der Waals surface area contributed by atoms with E-state index in [9.17, 15) is 14.9 Å². The van der Waals surface area contributed by atoms with Crippen molar-refractivity contribution in [2.45, 2.75) is 25.7 Å². The van der Waals surface area contributed by atoms with Crippen molar-refractivity contribution in [3.63, 3.8) is 0 Å². The van der Waals surface area contributed by atoms with E-state index in [1.807, 2.05) is 30.3 Å². The number of nitrogens with zero attached hydrogens (tertiary/aromatic N) is 3. The van der Waals surface area contributed by atoms with Gasteiger partial charge in [0.2, 0.25) is 11.8 Å². The second-order valence-electron chi connectivity index (χ2n) is 7.17. The zero-order chi connectivity index (χ0) is 18.9. The summed E-state index contributed by atoms with van der Waals surface area (Å²) in [6, 6.07) is 15.2. The number of aromatic nitrogens is 1. The molecule has 1 atom stereocenters. The molecule has 1 aliphatic carbocycles. The van der Waals surface area contributed by atoms with Gasteiger partial charge in [-0.2, -0.15) is 5.26 Å². The number of pyridine rings is 1. The number of rotatable bonds is 5. The third kappa shape index (κ3) is 3.28. The van der Waals surface area contributed by atoms with Crippen molar-refractivity contribution in [1.29, 1.82) is 5.26 Å². The van der Waals surface area contributed by atoms with Crippen molar-refractivity contribution < 1.29 is 9.59 Å². The maximum Gasteiger partial charge on any atom is 0.247 e. The molecule has 1 aliphatic heterocycles. The smallest absolute Gasteiger partial charge is 0.247 e. The van der Waals surface area contributed by atoms with E-state index in [2.05, 4.69) is 16.4 Å². The molecule has 6 nitrogen and oxygen atoms in total. The van der Waals surface area contributed by atoms with Crippen molar-refractivity contribution in [1.82, 2.24) is 4.98 Å². The van der Waals surface area contributed by atoms with E-state index >= 15 is 0 Å². The first-order valence-electron chi connectivity index (χ1n) is 9.15. The van der Waals surface area contributed by atoms with E-state index in [0.717, 1.165) is 18.4 Å². The molecular formula is C21H20N4O2. The van der Waals surface area contributed by atoms with Crippen LogP contribution >= 0.6 is 0 Å². The fourth-order valence-electron chi connectivity index (χ4n) is 3.76. The van der Waals surface area contributed by atoms with E-state index in [1.165, 1.54) is 0 Å². The van der Waals surface area contributed by atoms with Crippen molar-refractivity contribution >= 4 is 23.3 Å². The van der Waals surface area contributed by atoms with Crippen molar-refractivity contribution in [3.05, 3.63) is 54.2 Å². The first-order valence-corrected chi connectivity index (χ1v) is 9.15. The van der Waals surface area contributed by atoms with Crippen LogP contribution in [0.3, 0.4) is 0 Å². The standard InChI is InChI=1S/C21H20N4O2/c22-14-21(16-6-7-16)9-11-25(20(21)27)17-8-10-23-18(13-17)24-19(26)12-15-4-2-1-3-5-15/h1-5,8,10,13,16H,6-7,9,11-12H2,(H,23,24,26)/t21-/m1/s1. The number of anilines is 2. The van der Waals surface area contributed by atoms with Gasteiger partial charge in [0.15, 0.2) is 0 Å². The van der Waals surface area contributed by atoms with Gasteiger partial charge in [0.1, 0.15) is 11.2 Å². The van der Waals surface area contributed by atoms with Gasteiger partial charge in [-0.3, -0.25) is 9.59 Å². The normalized spacial score (nSPS) is 21.7.